The molecule has 0 radical (unpaired) electrons. The molecule has 0 saturated heterocycles. The maximum Gasteiger partial charge on any atom is 1.00 e. The van der Waals surface area contributed by atoms with E-state index in [0.29, 0.717) is 5.82 Å². The van der Waals surface area contributed by atoms with Crippen molar-refractivity contribution in [2.45, 2.75) is 6.92 Å². The smallest absolute Gasteiger partial charge is 0.336 e. The molecular formula is C2H3KN4. The predicted molar refractivity (Wildman–Crippen MR) is 17.9 cm³/mol. The summed E-state index contributed by atoms with van der Waals surface area (Å²) in [6.07, 6.45) is 0. The zero-order valence-corrected chi connectivity index (χ0v) is 7.41. The van der Waals surface area contributed by atoms with E-state index in [1.54, 1.807) is 6.92 Å². The molecule has 1 aromatic rings. The van der Waals surface area contributed by atoms with E-state index < -0.39 is 0 Å². The van der Waals surface area contributed by atoms with Crippen molar-refractivity contribution in [1.29, 1.82) is 0 Å². The van der Waals surface area contributed by atoms with Gasteiger partial charge in [-0.25, -0.2) is 0 Å². The van der Waals surface area contributed by atoms with E-state index in [2.05, 4.69) is 20.6 Å². The molecule has 32 valence electrons. The van der Waals surface area contributed by atoms with Gasteiger partial charge in [-0.3, -0.25) is 10.3 Å². The van der Waals surface area contributed by atoms with Crippen LogP contribution in [-0.4, -0.2) is 15.5 Å². The average Bonchev–Trinajstić information content (AvgIpc) is 1.86. The number of hydrogen-bond donors (Lipinski definition) is 0. The Morgan fingerprint density at radius 3 is 2.43 bits per heavy atom. The number of hydrogen-bond acceptors (Lipinski definition) is 3. The van der Waals surface area contributed by atoms with Crippen LogP contribution in [-0.2, 0) is 0 Å². The molecule has 7 heavy (non-hydrogen) atoms. The van der Waals surface area contributed by atoms with Crippen molar-refractivity contribution < 1.29 is 51.4 Å². The second-order valence-corrected chi connectivity index (χ2v) is 0.926. The first-order chi connectivity index (χ1) is 2.89. The van der Waals surface area contributed by atoms with Gasteiger partial charge in [-0.1, -0.05) is 0 Å². The van der Waals surface area contributed by atoms with Crippen molar-refractivity contribution in [3.8, 4) is 0 Å². The minimum atomic E-state index is 0. The largest absolute Gasteiger partial charge is 1.00 e. The van der Waals surface area contributed by atoms with Gasteiger partial charge in [0.2, 0.25) is 0 Å². The molecule has 1 aromatic heterocycles. The van der Waals surface area contributed by atoms with Gasteiger partial charge in [-0.05, 0) is 6.92 Å². The number of tetrazole rings is 1. The molecule has 0 aromatic carbocycles. The topological polar surface area (TPSA) is 52.8 Å². The molecule has 0 aliphatic heterocycles. The Labute approximate surface area is 83.5 Å². The molecule has 0 spiro atoms. The third-order valence-corrected chi connectivity index (χ3v) is 0.419. The zero-order chi connectivity index (χ0) is 4.41. The van der Waals surface area contributed by atoms with Crippen LogP contribution >= 0.6 is 0 Å². The first-order valence-electron chi connectivity index (χ1n) is 1.55. The summed E-state index contributed by atoms with van der Waals surface area (Å²) in [6, 6.07) is 0. The molecule has 0 N–H and O–H groups in total. The molecule has 0 fully saturated rings. The van der Waals surface area contributed by atoms with Crippen LogP contribution in [0.5, 0.6) is 0 Å². The van der Waals surface area contributed by atoms with Crippen LogP contribution in [0.2, 0.25) is 0 Å². The molecular weight excluding hydrogens is 119 g/mol. The molecule has 0 unspecified atom stereocenters. The number of aryl methyl sites for hydroxylation is 1. The van der Waals surface area contributed by atoms with E-state index in [0.717, 1.165) is 0 Å². The van der Waals surface area contributed by atoms with Crippen LogP contribution in [0.4, 0.5) is 0 Å². The first kappa shape index (κ1) is 7.71. The van der Waals surface area contributed by atoms with E-state index in [1.807, 2.05) is 0 Å². The zero-order valence-electron chi connectivity index (χ0n) is 4.29. The molecule has 0 bridgehead atoms. The van der Waals surface area contributed by atoms with E-state index in [1.165, 1.54) is 0 Å². The van der Waals surface area contributed by atoms with Gasteiger partial charge in [0, 0.05) is 5.82 Å². The van der Waals surface area contributed by atoms with Gasteiger partial charge in [-0.2, -0.15) is 5.21 Å². The summed E-state index contributed by atoms with van der Waals surface area (Å²) in [4.78, 5) is 0. The Hall–Kier alpha value is 0.706. The average molecular weight is 122 g/mol. The minimum Gasteiger partial charge on any atom is -0.336 e. The fourth-order valence-corrected chi connectivity index (χ4v) is 0.189. The van der Waals surface area contributed by atoms with Crippen LogP contribution in [0, 0.1) is 6.92 Å². The summed E-state index contributed by atoms with van der Waals surface area (Å²) in [7, 11) is 0. The molecule has 4 nitrogen and oxygen atoms in total. The van der Waals surface area contributed by atoms with Crippen LogP contribution in [0.15, 0.2) is 0 Å². The Kier molecular flexibility index (Phi) is 4.05. The monoisotopic (exact) mass is 122 g/mol. The third kappa shape index (κ3) is 2.50. The van der Waals surface area contributed by atoms with Gasteiger partial charge < -0.3 is 5.10 Å². The first-order valence-corrected chi connectivity index (χ1v) is 1.55. The van der Waals surface area contributed by atoms with E-state index >= 15 is 0 Å². The molecule has 1 rings (SSSR count). The van der Waals surface area contributed by atoms with Gasteiger partial charge in [0.1, 0.15) is 0 Å². The Bertz CT molecular complexity index is 113. The van der Waals surface area contributed by atoms with E-state index in [9.17, 15) is 0 Å². The molecule has 0 atom stereocenters. The maximum atomic E-state index is 3.44. The Morgan fingerprint density at radius 2 is 2.29 bits per heavy atom. The van der Waals surface area contributed by atoms with Crippen LogP contribution in [0.3, 0.4) is 0 Å². The molecule has 1 heterocycles. The summed E-state index contributed by atoms with van der Waals surface area (Å²) in [5, 5.41) is 13.3. The molecule has 0 aliphatic carbocycles. The van der Waals surface area contributed by atoms with Gasteiger partial charge in [0.25, 0.3) is 0 Å². The predicted octanol–water partition coefficient (Wildman–Crippen LogP) is -3.86. The number of nitrogens with zero attached hydrogens (tertiary/aromatic N) is 4. The van der Waals surface area contributed by atoms with Crippen molar-refractivity contribution >= 4 is 0 Å². The summed E-state index contributed by atoms with van der Waals surface area (Å²) in [6.45, 7) is 1.74. The van der Waals surface area contributed by atoms with Crippen LogP contribution < -0.4 is 56.5 Å². The van der Waals surface area contributed by atoms with E-state index in [4.69, 9.17) is 0 Å². The Balaban J connectivity index is 0.000000360. The number of rotatable bonds is 0. The Morgan fingerprint density at radius 1 is 1.57 bits per heavy atom. The number of aromatic nitrogens is 4. The van der Waals surface area contributed by atoms with Crippen LogP contribution in [0.1, 0.15) is 5.82 Å². The van der Waals surface area contributed by atoms with Crippen molar-refractivity contribution in [1.82, 2.24) is 20.6 Å². The van der Waals surface area contributed by atoms with Gasteiger partial charge in [0.05, 0.1) is 0 Å². The summed E-state index contributed by atoms with van der Waals surface area (Å²) in [5.74, 6) is 0.620. The van der Waals surface area contributed by atoms with Crippen LogP contribution in [0.25, 0.3) is 0 Å². The van der Waals surface area contributed by atoms with Crippen molar-refractivity contribution in [3.63, 3.8) is 0 Å². The van der Waals surface area contributed by atoms with Crippen molar-refractivity contribution in [2.75, 3.05) is 0 Å². The molecule has 0 aliphatic rings. The van der Waals surface area contributed by atoms with E-state index in [-0.39, 0.29) is 51.4 Å². The molecule has 0 amide bonds. The second kappa shape index (κ2) is 3.68. The SMILES string of the molecule is Cc1nnn[n-]1.[K+]. The summed E-state index contributed by atoms with van der Waals surface area (Å²) in [5.41, 5.74) is 0. The van der Waals surface area contributed by atoms with Gasteiger partial charge in [0.15, 0.2) is 0 Å². The fourth-order valence-electron chi connectivity index (χ4n) is 0.189. The van der Waals surface area contributed by atoms with Gasteiger partial charge >= 0.3 is 51.4 Å². The fraction of sp³-hybridized carbons (Fsp3) is 0.500. The minimum absolute atomic E-state index is 0. The van der Waals surface area contributed by atoms with Gasteiger partial charge in [-0.15, -0.1) is 0 Å². The molecule has 5 heteroatoms. The molecule has 0 saturated carbocycles. The third-order valence-electron chi connectivity index (χ3n) is 0.419. The standard InChI is InChI=1S/C2H3N4.K/c1-2-3-5-6-4-2;/h1H3;/q-1;+1. The summed E-state index contributed by atoms with van der Waals surface area (Å²) >= 11 is 0. The second-order valence-electron chi connectivity index (χ2n) is 0.926. The normalized spacial score (nSPS) is 7.57. The van der Waals surface area contributed by atoms with Crippen molar-refractivity contribution in [3.05, 3.63) is 5.82 Å². The maximum absolute atomic E-state index is 3.44. The quantitative estimate of drug-likeness (QED) is 0.330. The summed E-state index contributed by atoms with van der Waals surface area (Å²) < 4.78 is 0. The van der Waals surface area contributed by atoms with Crippen molar-refractivity contribution in [2.24, 2.45) is 0 Å².